The van der Waals surface area contributed by atoms with Gasteiger partial charge in [-0.15, -0.1) is 0 Å². The number of hydrogen-bond donors (Lipinski definition) is 0. The highest BCUT2D eigenvalue weighted by Gasteiger charge is 2.15. The second-order valence-electron chi connectivity index (χ2n) is 11.7. The van der Waals surface area contributed by atoms with Crippen molar-refractivity contribution in [3.63, 3.8) is 0 Å². The zero-order valence-corrected chi connectivity index (χ0v) is 25.3. The summed E-state index contributed by atoms with van der Waals surface area (Å²) in [6.07, 6.45) is 0. The van der Waals surface area contributed by atoms with E-state index in [4.69, 9.17) is 19.4 Å². The Morgan fingerprint density at radius 3 is 1.47 bits per heavy atom. The van der Waals surface area contributed by atoms with E-state index >= 15 is 0 Å². The molecule has 0 saturated carbocycles. The Balaban J connectivity index is 1.15. The van der Waals surface area contributed by atoms with Gasteiger partial charge in [0, 0.05) is 27.5 Å². The number of hydrogen-bond acceptors (Lipinski definition) is 4. The Morgan fingerprint density at radius 1 is 0.298 bits per heavy atom. The minimum atomic E-state index is 0.614. The molecule has 4 heteroatoms. The molecule has 2 aromatic heterocycles. The standard InChI is InChI=1S/C43H27N3O/c1-3-10-28(11-4-1)29-18-20-30(21-19-29)32-16-9-17-35(24-32)42-44-41(31-12-5-2-6-13-31)45-43(46-42)36-22-23-39-37(26-36)38-25-33-14-7-8-15-34(33)27-40(38)47-39/h1-27H. The van der Waals surface area contributed by atoms with E-state index in [0.717, 1.165) is 55.1 Å². The van der Waals surface area contributed by atoms with Gasteiger partial charge in [-0.05, 0) is 69.4 Å². The van der Waals surface area contributed by atoms with Crippen LogP contribution in [0.4, 0.5) is 0 Å². The van der Waals surface area contributed by atoms with E-state index in [2.05, 4.69) is 115 Å². The van der Waals surface area contributed by atoms with Crippen LogP contribution in [0.3, 0.4) is 0 Å². The number of rotatable bonds is 5. The minimum Gasteiger partial charge on any atom is -0.456 e. The Hall–Kier alpha value is -6.39. The number of benzene rings is 7. The van der Waals surface area contributed by atoms with Gasteiger partial charge in [0.2, 0.25) is 0 Å². The molecule has 0 amide bonds. The molecule has 220 valence electrons. The molecule has 9 aromatic rings. The first-order valence-corrected chi connectivity index (χ1v) is 15.7. The topological polar surface area (TPSA) is 51.8 Å². The van der Waals surface area contributed by atoms with Gasteiger partial charge in [-0.25, -0.2) is 15.0 Å². The lowest BCUT2D eigenvalue weighted by Crippen LogP contribution is -2.00. The molecule has 4 nitrogen and oxygen atoms in total. The lowest BCUT2D eigenvalue weighted by molar-refractivity contribution is 0.669. The Labute approximate surface area is 271 Å². The number of aromatic nitrogens is 3. The summed E-state index contributed by atoms with van der Waals surface area (Å²) in [6, 6.07) is 56.5. The van der Waals surface area contributed by atoms with Crippen molar-refractivity contribution in [2.75, 3.05) is 0 Å². The van der Waals surface area contributed by atoms with E-state index < -0.39 is 0 Å². The van der Waals surface area contributed by atoms with Crippen LogP contribution in [0.2, 0.25) is 0 Å². The molecule has 0 aliphatic carbocycles. The SMILES string of the molecule is c1ccc(-c2ccc(-c3cccc(-c4nc(-c5ccccc5)nc(-c5ccc6oc7cc8ccccc8cc7c6c5)n4)c3)cc2)cc1. The highest BCUT2D eigenvalue weighted by atomic mass is 16.3. The van der Waals surface area contributed by atoms with Crippen molar-refractivity contribution < 1.29 is 4.42 Å². The summed E-state index contributed by atoms with van der Waals surface area (Å²) in [7, 11) is 0. The van der Waals surface area contributed by atoms with Crippen molar-refractivity contribution in [1.82, 2.24) is 15.0 Å². The minimum absolute atomic E-state index is 0.614. The van der Waals surface area contributed by atoms with Crippen LogP contribution in [0, 0.1) is 0 Å². The average molecular weight is 602 g/mol. The predicted octanol–water partition coefficient (Wildman–Crippen LogP) is 11.3. The predicted molar refractivity (Wildman–Crippen MR) is 192 cm³/mol. The van der Waals surface area contributed by atoms with Gasteiger partial charge >= 0.3 is 0 Å². The molecule has 47 heavy (non-hydrogen) atoms. The fourth-order valence-corrected chi connectivity index (χ4v) is 6.28. The maximum Gasteiger partial charge on any atom is 0.164 e. The zero-order chi connectivity index (χ0) is 31.2. The third-order valence-electron chi connectivity index (χ3n) is 8.71. The Bertz CT molecular complexity index is 2550. The van der Waals surface area contributed by atoms with Crippen LogP contribution >= 0.6 is 0 Å². The third-order valence-corrected chi connectivity index (χ3v) is 8.71. The fraction of sp³-hybridized carbons (Fsp3) is 0. The zero-order valence-electron chi connectivity index (χ0n) is 25.3. The van der Waals surface area contributed by atoms with Gasteiger partial charge in [0.1, 0.15) is 11.2 Å². The van der Waals surface area contributed by atoms with Crippen molar-refractivity contribution in [3.05, 3.63) is 164 Å². The molecule has 0 radical (unpaired) electrons. The highest BCUT2D eigenvalue weighted by Crippen LogP contribution is 2.35. The Morgan fingerprint density at radius 2 is 0.766 bits per heavy atom. The van der Waals surface area contributed by atoms with Crippen LogP contribution in [-0.2, 0) is 0 Å². The van der Waals surface area contributed by atoms with E-state index in [0.29, 0.717) is 17.5 Å². The van der Waals surface area contributed by atoms with Gasteiger partial charge in [0.25, 0.3) is 0 Å². The van der Waals surface area contributed by atoms with Crippen LogP contribution in [0.15, 0.2) is 168 Å². The molecule has 0 unspecified atom stereocenters. The largest absolute Gasteiger partial charge is 0.456 e. The molecule has 0 bridgehead atoms. The molecular weight excluding hydrogens is 574 g/mol. The van der Waals surface area contributed by atoms with Crippen molar-refractivity contribution in [2.24, 2.45) is 0 Å². The molecular formula is C43H27N3O. The lowest BCUT2D eigenvalue weighted by Gasteiger charge is -2.10. The van der Waals surface area contributed by atoms with E-state index in [-0.39, 0.29) is 0 Å². The fourth-order valence-electron chi connectivity index (χ4n) is 6.28. The molecule has 0 N–H and O–H groups in total. The maximum absolute atomic E-state index is 6.27. The molecule has 0 atom stereocenters. The van der Waals surface area contributed by atoms with Crippen molar-refractivity contribution >= 4 is 32.7 Å². The van der Waals surface area contributed by atoms with Crippen LogP contribution in [0.25, 0.3) is 89.1 Å². The smallest absolute Gasteiger partial charge is 0.164 e. The quantitative estimate of drug-likeness (QED) is 0.197. The summed E-state index contributed by atoms with van der Waals surface area (Å²) in [5.74, 6) is 1.87. The van der Waals surface area contributed by atoms with E-state index in [1.807, 2.05) is 48.5 Å². The molecule has 7 aromatic carbocycles. The van der Waals surface area contributed by atoms with E-state index in [1.165, 1.54) is 16.5 Å². The van der Waals surface area contributed by atoms with Gasteiger partial charge in [-0.2, -0.15) is 0 Å². The summed E-state index contributed by atoms with van der Waals surface area (Å²) in [5, 5.41) is 4.44. The lowest BCUT2D eigenvalue weighted by atomic mass is 9.99. The molecule has 0 aliphatic rings. The third kappa shape index (κ3) is 5.02. The van der Waals surface area contributed by atoms with E-state index in [1.54, 1.807) is 0 Å². The highest BCUT2D eigenvalue weighted by molar-refractivity contribution is 6.10. The molecule has 0 fully saturated rings. The summed E-state index contributed by atoms with van der Waals surface area (Å²) >= 11 is 0. The molecule has 2 heterocycles. The summed E-state index contributed by atoms with van der Waals surface area (Å²) < 4.78 is 6.27. The van der Waals surface area contributed by atoms with Gasteiger partial charge in [-0.1, -0.05) is 127 Å². The normalized spacial score (nSPS) is 11.4. The van der Waals surface area contributed by atoms with Gasteiger partial charge in [-0.3, -0.25) is 0 Å². The average Bonchev–Trinajstić information content (AvgIpc) is 3.51. The van der Waals surface area contributed by atoms with Crippen molar-refractivity contribution in [3.8, 4) is 56.4 Å². The first-order valence-electron chi connectivity index (χ1n) is 15.7. The Kier molecular flexibility index (Phi) is 6.43. The molecule has 9 rings (SSSR count). The van der Waals surface area contributed by atoms with Gasteiger partial charge in [0.15, 0.2) is 17.5 Å². The first-order chi connectivity index (χ1) is 23.2. The summed E-state index contributed by atoms with van der Waals surface area (Å²) in [5.41, 5.74) is 9.10. The number of fused-ring (bicyclic) bond motifs is 4. The molecule has 0 saturated heterocycles. The monoisotopic (exact) mass is 601 g/mol. The molecule has 0 spiro atoms. The van der Waals surface area contributed by atoms with Crippen LogP contribution < -0.4 is 0 Å². The summed E-state index contributed by atoms with van der Waals surface area (Å²) in [6.45, 7) is 0. The number of nitrogens with zero attached hydrogens (tertiary/aromatic N) is 3. The second-order valence-corrected chi connectivity index (χ2v) is 11.7. The van der Waals surface area contributed by atoms with Crippen LogP contribution in [-0.4, -0.2) is 15.0 Å². The van der Waals surface area contributed by atoms with Crippen LogP contribution in [0.1, 0.15) is 0 Å². The van der Waals surface area contributed by atoms with Crippen molar-refractivity contribution in [2.45, 2.75) is 0 Å². The van der Waals surface area contributed by atoms with Crippen LogP contribution in [0.5, 0.6) is 0 Å². The first kappa shape index (κ1) is 27.0. The van der Waals surface area contributed by atoms with E-state index in [9.17, 15) is 0 Å². The van der Waals surface area contributed by atoms with Crippen molar-refractivity contribution in [1.29, 1.82) is 0 Å². The molecule has 0 aliphatic heterocycles. The number of furan rings is 1. The van der Waals surface area contributed by atoms with Gasteiger partial charge in [0.05, 0.1) is 0 Å². The maximum atomic E-state index is 6.27. The van der Waals surface area contributed by atoms with Gasteiger partial charge < -0.3 is 4.42 Å². The summed E-state index contributed by atoms with van der Waals surface area (Å²) in [4.78, 5) is 15.0. The second kappa shape index (κ2) is 11.2.